The molecule has 0 bridgehead atoms. The quantitative estimate of drug-likeness (QED) is 0.146. The van der Waals surface area contributed by atoms with Crippen LogP contribution in [-0.4, -0.2) is 27.5 Å². The monoisotopic (exact) mass is 194 g/mol. The predicted octanol–water partition coefficient (Wildman–Crippen LogP) is 1.39. The van der Waals surface area contributed by atoms with Crippen molar-refractivity contribution in [2.75, 3.05) is 6.54 Å². The van der Waals surface area contributed by atoms with Gasteiger partial charge < -0.3 is 9.77 Å². The summed E-state index contributed by atoms with van der Waals surface area (Å²) in [6.45, 7) is 1.13. The molecule has 7 heteroatoms. The number of oxime groups is 1. The predicted molar refractivity (Wildman–Crippen MR) is 50.2 cm³/mol. The standard InChI is InChI=1S/C7H10N6O/c8-12-10-2-1-4-13-5-3-9-7(13)6-11-14/h3,5-6,14H,1-2,4H2/b11-6-. The molecule has 1 heterocycles. The number of aromatic nitrogens is 2. The molecule has 7 nitrogen and oxygen atoms in total. The molecule has 0 aliphatic carbocycles. The van der Waals surface area contributed by atoms with Crippen LogP contribution in [0.2, 0.25) is 0 Å². The molecule has 0 saturated carbocycles. The van der Waals surface area contributed by atoms with Gasteiger partial charge in [-0.05, 0) is 12.0 Å². The van der Waals surface area contributed by atoms with E-state index in [1.54, 1.807) is 12.4 Å². The van der Waals surface area contributed by atoms with Crippen molar-refractivity contribution in [3.63, 3.8) is 0 Å². The maximum atomic E-state index is 8.32. The molecule has 74 valence electrons. The number of azide groups is 1. The first-order chi connectivity index (χ1) is 6.88. The van der Waals surface area contributed by atoms with Gasteiger partial charge in [0.1, 0.15) is 6.21 Å². The molecular weight excluding hydrogens is 184 g/mol. The summed E-state index contributed by atoms with van der Waals surface area (Å²) in [5.74, 6) is 0.577. The molecule has 0 saturated heterocycles. The highest BCUT2D eigenvalue weighted by Gasteiger charge is 1.98. The lowest BCUT2D eigenvalue weighted by Gasteiger charge is -2.01. The van der Waals surface area contributed by atoms with E-state index in [0.29, 0.717) is 18.9 Å². The van der Waals surface area contributed by atoms with E-state index in [1.165, 1.54) is 6.21 Å². The largest absolute Gasteiger partial charge is 0.411 e. The molecular formula is C7H10N6O. The van der Waals surface area contributed by atoms with Crippen LogP contribution in [0.4, 0.5) is 0 Å². The fourth-order valence-electron chi connectivity index (χ4n) is 1.05. The minimum absolute atomic E-state index is 0.449. The van der Waals surface area contributed by atoms with Gasteiger partial charge in [-0.1, -0.05) is 10.3 Å². The summed E-state index contributed by atoms with van der Waals surface area (Å²) in [4.78, 5) is 6.60. The summed E-state index contributed by atoms with van der Waals surface area (Å²) in [6, 6.07) is 0. The lowest BCUT2D eigenvalue weighted by Crippen LogP contribution is -2.03. The maximum Gasteiger partial charge on any atom is 0.154 e. The Morgan fingerprint density at radius 1 is 1.71 bits per heavy atom. The van der Waals surface area contributed by atoms with Gasteiger partial charge in [-0.15, -0.1) is 0 Å². The van der Waals surface area contributed by atoms with Crippen molar-refractivity contribution in [3.8, 4) is 0 Å². The van der Waals surface area contributed by atoms with Crippen LogP contribution in [0.5, 0.6) is 0 Å². The average molecular weight is 194 g/mol. The van der Waals surface area contributed by atoms with Gasteiger partial charge in [0.25, 0.3) is 0 Å². The number of imidazole rings is 1. The highest BCUT2D eigenvalue weighted by Crippen LogP contribution is 1.97. The van der Waals surface area contributed by atoms with Gasteiger partial charge in [0.05, 0.1) is 0 Å². The Labute approximate surface area is 80.3 Å². The maximum absolute atomic E-state index is 8.32. The number of hydrogen-bond donors (Lipinski definition) is 1. The van der Waals surface area contributed by atoms with E-state index in [1.807, 2.05) is 4.57 Å². The first kappa shape index (κ1) is 10.1. The van der Waals surface area contributed by atoms with E-state index in [0.717, 1.165) is 6.42 Å². The van der Waals surface area contributed by atoms with Crippen LogP contribution >= 0.6 is 0 Å². The third-order valence-electron chi connectivity index (χ3n) is 1.64. The normalized spacial score (nSPS) is 10.3. The summed E-state index contributed by atoms with van der Waals surface area (Å²) in [5, 5.41) is 14.6. The second-order valence-corrected chi connectivity index (χ2v) is 2.53. The highest BCUT2D eigenvalue weighted by atomic mass is 16.4. The van der Waals surface area contributed by atoms with E-state index in [4.69, 9.17) is 10.7 Å². The van der Waals surface area contributed by atoms with Crippen LogP contribution in [0.25, 0.3) is 10.4 Å². The van der Waals surface area contributed by atoms with Gasteiger partial charge in [0.15, 0.2) is 5.82 Å². The highest BCUT2D eigenvalue weighted by molar-refractivity contribution is 5.74. The third kappa shape index (κ3) is 2.80. The lowest BCUT2D eigenvalue weighted by molar-refractivity contribution is 0.321. The molecule has 0 atom stereocenters. The summed E-state index contributed by atoms with van der Waals surface area (Å²) in [5.41, 5.74) is 8.05. The number of aryl methyl sites for hydroxylation is 1. The van der Waals surface area contributed by atoms with E-state index >= 15 is 0 Å². The van der Waals surface area contributed by atoms with Crippen molar-refractivity contribution in [2.45, 2.75) is 13.0 Å². The first-order valence-corrected chi connectivity index (χ1v) is 4.08. The van der Waals surface area contributed by atoms with E-state index in [-0.39, 0.29) is 0 Å². The van der Waals surface area contributed by atoms with Crippen LogP contribution in [0.3, 0.4) is 0 Å². The zero-order chi connectivity index (χ0) is 10.2. The molecule has 1 rings (SSSR count). The topological polar surface area (TPSA) is 99.2 Å². The molecule has 0 amide bonds. The second-order valence-electron chi connectivity index (χ2n) is 2.53. The van der Waals surface area contributed by atoms with Crippen LogP contribution in [-0.2, 0) is 6.54 Å². The SMILES string of the molecule is [N-]=[N+]=NCCCn1ccnc1/C=N\O. The van der Waals surface area contributed by atoms with Crippen molar-refractivity contribution in [2.24, 2.45) is 10.3 Å². The van der Waals surface area contributed by atoms with Gasteiger partial charge in [-0.3, -0.25) is 0 Å². The minimum Gasteiger partial charge on any atom is -0.411 e. The van der Waals surface area contributed by atoms with E-state index in [9.17, 15) is 0 Å². The molecule has 0 spiro atoms. The number of nitrogens with zero attached hydrogens (tertiary/aromatic N) is 6. The molecule has 0 aliphatic rings. The van der Waals surface area contributed by atoms with Crippen molar-refractivity contribution in [1.82, 2.24) is 9.55 Å². The Kier molecular flexibility index (Phi) is 4.03. The molecule has 1 N–H and O–H groups in total. The second kappa shape index (κ2) is 5.60. The molecule has 1 aromatic rings. The molecule has 0 aromatic carbocycles. The zero-order valence-corrected chi connectivity index (χ0v) is 7.48. The lowest BCUT2D eigenvalue weighted by atomic mass is 10.4. The molecule has 14 heavy (non-hydrogen) atoms. The smallest absolute Gasteiger partial charge is 0.154 e. The van der Waals surface area contributed by atoms with Crippen LogP contribution in [0.15, 0.2) is 22.7 Å². The van der Waals surface area contributed by atoms with Crippen molar-refractivity contribution >= 4 is 6.21 Å². The first-order valence-electron chi connectivity index (χ1n) is 4.08. The third-order valence-corrected chi connectivity index (χ3v) is 1.64. The Balaban J connectivity index is 2.49. The van der Waals surface area contributed by atoms with Gasteiger partial charge in [0, 0.05) is 30.4 Å². The Hall–Kier alpha value is -2.01. The average Bonchev–Trinajstić information content (AvgIpc) is 2.61. The molecule has 0 aliphatic heterocycles. The Morgan fingerprint density at radius 3 is 3.29 bits per heavy atom. The summed E-state index contributed by atoms with van der Waals surface area (Å²) in [7, 11) is 0. The van der Waals surface area contributed by atoms with E-state index in [2.05, 4.69) is 20.2 Å². The van der Waals surface area contributed by atoms with Crippen molar-refractivity contribution in [3.05, 3.63) is 28.7 Å². The summed E-state index contributed by atoms with van der Waals surface area (Å²) >= 11 is 0. The number of rotatable bonds is 5. The van der Waals surface area contributed by atoms with Crippen LogP contribution in [0.1, 0.15) is 12.2 Å². The van der Waals surface area contributed by atoms with Crippen LogP contribution in [0, 0.1) is 0 Å². The summed E-state index contributed by atoms with van der Waals surface area (Å²) < 4.78 is 1.81. The number of hydrogen-bond acceptors (Lipinski definition) is 4. The minimum atomic E-state index is 0.449. The summed E-state index contributed by atoms with van der Waals surface area (Å²) in [6.07, 6.45) is 5.37. The van der Waals surface area contributed by atoms with Gasteiger partial charge in [-0.25, -0.2) is 4.98 Å². The zero-order valence-electron chi connectivity index (χ0n) is 7.48. The van der Waals surface area contributed by atoms with Gasteiger partial charge in [-0.2, -0.15) is 0 Å². The molecule has 1 aromatic heterocycles. The Bertz CT molecular complexity index is 351. The fourth-order valence-corrected chi connectivity index (χ4v) is 1.05. The van der Waals surface area contributed by atoms with Crippen molar-refractivity contribution < 1.29 is 5.21 Å². The Morgan fingerprint density at radius 2 is 2.57 bits per heavy atom. The van der Waals surface area contributed by atoms with Crippen LogP contribution < -0.4 is 0 Å². The molecule has 0 fully saturated rings. The van der Waals surface area contributed by atoms with Crippen molar-refractivity contribution in [1.29, 1.82) is 0 Å². The molecule has 0 radical (unpaired) electrons. The van der Waals surface area contributed by atoms with E-state index < -0.39 is 0 Å². The van der Waals surface area contributed by atoms with Gasteiger partial charge in [0.2, 0.25) is 0 Å². The molecule has 0 unspecified atom stereocenters. The van der Waals surface area contributed by atoms with Gasteiger partial charge >= 0.3 is 0 Å². The fraction of sp³-hybridized carbons (Fsp3) is 0.429.